The zero-order valence-corrected chi connectivity index (χ0v) is 15.1. The van der Waals surface area contributed by atoms with E-state index in [-0.39, 0.29) is 5.69 Å². The van der Waals surface area contributed by atoms with Crippen molar-refractivity contribution in [3.05, 3.63) is 94.8 Å². The van der Waals surface area contributed by atoms with E-state index < -0.39 is 17.4 Å². The van der Waals surface area contributed by atoms with Gasteiger partial charge in [-0.05, 0) is 60.5 Å². The van der Waals surface area contributed by atoms with Crippen molar-refractivity contribution < 1.29 is 13.2 Å². The normalized spacial score (nSPS) is 11.0. The third-order valence-corrected chi connectivity index (χ3v) is 4.18. The molecule has 3 aromatic carbocycles. The molecule has 0 aliphatic heterocycles. The van der Waals surface area contributed by atoms with Crippen LogP contribution in [0.4, 0.5) is 24.5 Å². The molecule has 0 unspecified atom stereocenters. The van der Waals surface area contributed by atoms with Crippen LogP contribution >= 0.6 is 0 Å². The zero-order chi connectivity index (χ0) is 20.1. The van der Waals surface area contributed by atoms with Gasteiger partial charge >= 0.3 is 6.05 Å². The Balaban J connectivity index is 1.73. The third kappa shape index (κ3) is 4.63. The van der Waals surface area contributed by atoms with Crippen LogP contribution in [0.3, 0.4) is 0 Å². The van der Waals surface area contributed by atoms with Gasteiger partial charge in [0.05, 0.1) is 17.2 Å². The number of aryl methyl sites for hydroxylation is 1. The molecule has 28 heavy (non-hydrogen) atoms. The van der Waals surface area contributed by atoms with Gasteiger partial charge in [-0.2, -0.15) is 14.0 Å². The van der Waals surface area contributed by atoms with E-state index in [2.05, 4.69) is 16.7 Å². The van der Waals surface area contributed by atoms with Gasteiger partial charge in [0.2, 0.25) is 0 Å². The highest BCUT2D eigenvalue weighted by Gasteiger charge is 2.34. The number of hydrogen-bond donors (Lipinski definition) is 2. The van der Waals surface area contributed by atoms with Crippen molar-refractivity contribution in [3.63, 3.8) is 0 Å². The van der Waals surface area contributed by atoms with Crippen LogP contribution in [0.1, 0.15) is 22.3 Å². The summed E-state index contributed by atoms with van der Waals surface area (Å²) in [7, 11) is 0. The van der Waals surface area contributed by atoms with Crippen molar-refractivity contribution in [2.75, 3.05) is 10.6 Å². The van der Waals surface area contributed by atoms with Gasteiger partial charge in [0.1, 0.15) is 5.82 Å². The molecule has 0 heterocycles. The number of benzene rings is 3. The van der Waals surface area contributed by atoms with E-state index in [1.54, 1.807) is 37.3 Å². The smallest absolute Gasteiger partial charge is 0.353 e. The van der Waals surface area contributed by atoms with Crippen LogP contribution in [0.2, 0.25) is 0 Å². The highest BCUT2D eigenvalue weighted by Crippen LogP contribution is 2.32. The maximum atomic E-state index is 14.5. The quantitative estimate of drug-likeness (QED) is 0.532. The summed E-state index contributed by atoms with van der Waals surface area (Å²) in [6.45, 7) is 2.07. The van der Waals surface area contributed by atoms with Gasteiger partial charge < -0.3 is 10.6 Å². The number of nitrogens with one attached hydrogen (secondary N) is 2. The molecule has 3 nitrogen and oxygen atoms in total. The fourth-order valence-electron chi connectivity index (χ4n) is 2.79. The lowest BCUT2D eigenvalue weighted by Crippen LogP contribution is -2.26. The summed E-state index contributed by atoms with van der Waals surface area (Å²) in [5.74, 6) is -0.954. The Morgan fingerprint density at radius 3 is 2.46 bits per heavy atom. The molecule has 0 bridgehead atoms. The molecule has 0 aliphatic rings. The summed E-state index contributed by atoms with van der Waals surface area (Å²) in [6, 6.07) is 15.6. The molecule has 6 heteroatoms. The fraction of sp³-hybridized carbons (Fsp3) is 0.136. The van der Waals surface area contributed by atoms with E-state index in [4.69, 9.17) is 5.26 Å². The van der Waals surface area contributed by atoms with Crippen molar-refractivity contribution in [1.82, 2.24) is 0 Å². The lowest BCUT2D eigenvalue weighted by molar-refractivity contribution is 0.0246. The average molecular weight is 381 g/mol. The molecule has 0 spiro atoms. The predicted octanol–water partition coefficient (Wildman–Crippen LogP) is 5.78. The van der Waals surface area contributed by atoms with E-state index in [0.717, 1.165) is 17.7 Å². The summed E-state index contributed by atoms with van der Waals surface area (Å²) < 4.78 is 42.9. The topological polar surface area (TPSA) is 47.8 Å². The van der Waals surface area contributed by atoms with Crippen molar-refractivity contribution >= 4 is 11.4 Å². The molecule has 0 radical (unpaired) electrons. The SMILES string of the molecule is Cc1ccc(C(F)(F)Nc2cccc(NCc3cccc(C#N)c3)c2)c(F)c1. The average Bonchev–Trinajstić information content (AvgIpc) is 2.66. The molecule has 0 atom stereocenters. The van der Waals surface area contributed by atoms with E-state index >= 15 is 0 Å². The first kappa shape index (κ1) is 19.3. The Morgan fingerprint density at radius 2 is 1.71 bits per heavy atom. The van der Waals surface area contributed by atoms with Crippen molar-refractivity contribution in [2.24, 2.45) is 0 Å². The zero-order valence-electron chi connectivity index (χ0n) is 15.1. The standard InChI is InChI=1S/C22H18F3N3/c1-15-8-9-20(21(23)10-15)22(24,25)28-19-7-3-6-18(12-19)27-14-17-5-2-4-16(11-17)13-26/h2-12,27-28H,14H2,1H3. The number of nitriles is 1. The highest BCUT2D eigenvalue weighted by molar-refractivity contribution is 5.58. The first-order valence-corrected chi connectivity index (χ1v) is 8.63. The summed E-state index contributed by atoms with van der Waals surface area (Å²) in [6.07, 6.45) is 0. The molecule has 0 aliphatic carbocycles. The second kappa shape index (κ2) is 8.05. The summed E-state index contributed by atoms with van der Waals surface area (Å²) in [5.41, 5.74) is 2.08. The molecule has 0 saturated carbocycles. The molecule has 0 fully saturated rings. The summed E-state index contributed by atoms with van der Waals surface area (Å²) >= 11 is 0. The second-order valence-corrected chi connectivity index (χ2v) is 6.43. The van der Waals surface area contributed by atoms with Crippen LogP contribution in [0, 0.1) is 24.1 Å². The van der Waals surface area contributed by atoms with Crippen LogP contribution in [0.15, 0.2) is 66.7 Å². The predicted molar refractivity (Wildman–Crippen MR) is 104 cm³/mol. The molecule has 0 saturated heterocycles. The van der Waals surface area contributed by atoms with Crippen molar-refractivity contribution in [1.29, 1.82) is 5.26 Å². The second-order valence-electron chi connectivity index (χ2n) is 6.43. The Bertz CT molecular complexity index is 1030. The Kier molecular flexibility index (Phi) is 5.55. The van der Waals surface area contributed by atoms with Gasteiger partial charge in [0.25, 0.3) is 0 Å². The molecular formula is C22H18F3N3. The summed E-state index contributed by atoms with van der Waals surface area (Å²) in [4.78, 5) is 0. The number of nitrogens with zero attached hydrogens (tertiary/aromatic N) is 1. The molecule has 0 amide bonds. The van der Waals surface area contributed by atoms with Gasteiger partial charge in [-0.3, -0.25) is 0 Å². The van der Waals surface area contributed by atoms with Crippen LogP contribution < -0.4 is 10.6 Å². The number of rotatable bonds is 6. The van der Waals surface area contributed by atoms with Crippen LogP contribution in [0.25, 0.3) is 0 Å². The first-order valence-electron chi connectivity index (χ1n) is 8.63. The maximum absolute atomic E-state index is 14.5. The van der Waals surface area contributed by atoms with Crippen LogP contribution in [0.5, 0.6) is 0 Å². The highest BCUT2D eigenvalue weighted by atomic mass is 19.3. The lowest BCUT2D eigenvalue weighted by Gasteiger charge is -2.21. The van der Waals surface area contributed by atoms with E-state index in [9.17, 15) is 13.2 Å². The van der Waals surface area contributed by atoms with E-state index in [1.807, 2.05) is 6.07 Å². The van der Waals surface area contributed by atoms with Crippen molar-refractivity contribution in [3.8, 4) is 6.07 Å². The van der Waals surface area contributed by atoms with Gasteiger partial charge in [-0.25, -0.2) is 4.39 Å². The van der Waals surface area contributed by atoms with Crippen LogP contribution in [-0.4, -0.2) is 0 Å². The largest absolute Gasteiger partial charge is 0.381 e. The van der Waals surface area contributed by atoms with Gasteiger partial charge in [0, 0.05) is 17.9 Å². The summed E-state index contributed by atoms with van der Waals surface area (Å²) in [5, 5.41) is 14.2. The molecule has 142 valence electrons. The molecule has 0 aromatic heterocycles. The molecule has 3 rings (SSSR count). The lowest BCUT2D eigenvalue weighted by atomic mass is 10.1. The Hall–Kier alpha value is -3.46. The Labute approximate surface area is 161 Å². The van der Waals surface area contributed by atoms with E-state index in [1.165, 1.54) is 18.2 Å². The first-order chi connectivity index (χ1) is 13.4. The van der Waals surface area contributed by atoms with Crippen molar-refractivity contribution in [2.45, 2.75) is 19.5 Å². The molecular weight excluding hydrogens is 363 g/mol. The maximum Gasteiger partial charge on any atom is 0.353 e. The minimum absolute atomic E-state index is 0.153. The third-order valence-electron chi connectivity index (χ3n) is 4.18. The molecule has 3 aromatic rings. The fourth-order valence-corrected chi connectivity index (χ4v) is 2.79. The minimum Gasteiger partial charge on any atom is -0.381 e. The minimum atomic E-state index is -3.56. The Morgan fingerprint density at radius 1 is 0.964 bits per heavy atom. The van der Waals surface area contributed by atoms with E-state index in [0.29, 0.717) is 23.4 Å². The van der Waals surface area contributed by atoms with Gasteiger partial charge in [-0.1, -0.05) is 24.3 Å². The number of halogens is 3. The molecule has 2 N–H and O–H groups in total. The van der Waals surface area contributed by atoms with Crippen LogP contribution in [-0.2, 0) is 12.6 Å². The van der Waals surface area contributed by atoms with Gasteiger partial charge in [0.15, 0.2) is 0 Å². The number of anilines is 2. The number of alkyl halides is 2. The monoisotopic (exact) mass is 381 g/mol. The number of hydrogen-bond acceptors (Lipinski definition) is 3. The van der Waals surface area contributed by atoms with Gasteiger partial charge in [-0.15, -0.1) is 0 Å².